The van der Waals surface area contributed by atoms with Crippen molar-refractivity contribution in [3.63, 3.8) is 0 Å². The SMILES string of the molecule is [N-]=[N+]=Nc1c[n+]([O-])cc2ccccc12. The van der Waals surface area contributed by atoms with E-state index < -0.39 is 0 Å². The summed E-state index contributed by atoms with van der Waals surface area (Å²) in [6, 6.07) is 7.25. The summed E-state index contributed by atoms with van der Waals surface area (Å²) in [6.45, 7) is 0. The van der Waals surface area contributed by atoms with Crippen LogP contribution >= 0.6 is 0 Å². The summed E-state index contributed by atoms with van der Waals surface area (Å²) in [6.07, 6.45) is 2.69. The molecule has 0 saturated carbocycles. The van der Waals surface area contributed by atoms with Gasteiger partial charge in [-0.2, -0.15) is 4.73 Å². The van der Waals surface area contributed by atoms with Crippen molar-refractivity contribution < 1.29 is 4.73 Å². The lowest BCUT2D eigenvalue weighted by Crippen LogP contribution is -2.23. The Balaban J connectivity index is 2.86. The molecule has 2 rings (SSSR count). The van der Waals surface area contributed by atoms with E-state index >= 15 is 0 Å². The van der Waals surface area contributed by atoms with E-state index in [2.05, 4.69) is 10.0 Å². The van der Waals surface area contributed by atoms with Crippen LogP contribution in [-0.4, -0.2) is 0 Å². The predicted octanol–water partition coefficient (Wildman–Crippen LogP) is 2.42. The third-order valence-electron chi connectivity index (χ3n) is 1.91. The number of benzene rings is 1. The van der Waals surface area contributed by atoms with Gasteiger partial charge < -0.3 is 5.21 Å². The van der Waals surface area contributed by atoms with Crippen molar-refractivity contribution in [2.75, 3.05) is 0 Å². The molecule has 1 aromatic heterocycles. The standard InChI is InChI=1S/C9H6N4O/c10-12-11-9-6-13(14)5-7-3-1-2-4-8(7)9/h1-6H. The highest BCUT2D eigenvalue weighted by Gasteiger charge is 2.03. The number of aromatic nitrogens is 1. The third-order valence-corrected chi connectivity index (χ3v) is 1.91. The van der Waals surface area contributed by atoms with Crippen molar-refractivity contribution >= 4 is 16.5 Å². The minimum Gasteiger partial charge on any atom is -0.619 e. The van der Waals surface area contributed by atoms with E-state index in [4.69, 9.17) is 5.53 Å². The fraction of sp³-hybridized carbons (Fsp3) is 0. The lowest BCUT2D eigenvalue weighted by Gasteiger charge is -2.01. The minimum atomic E-state index is 0.348. The molecule has 1 heterocycles. The van der Waals surface area contributed by atoms with Crippen LogP contribution in [-0.2, 0) is 0 Å². The van der Waals surface area contributed by atoms with E-state index in [1.165, 1.54) is 12.4 Å². The molecule has 0 aliphatic carbocycles. The van der Waals surface area contributed by atoms with Gasteiger partial charge in [0, 0.05) is 15.7 Å². The highest BCUT2D eigenvalue weighted by Crippen LogP contribution is 2.23. The van der Waals surface area contributed by atoms with Gasteiger partial charge in [-0.15, -0.1) is 0 Å². The van der Waals surface area contributed by atoms with Crippen molar-refractivity contribution in [2.45, 2.75) is 0 Å². The molecule has 0 atom stereocenters. The molecule has 0 spiro atoms. The fourth-order valence-electron chi connectivity index (χ4n) is 1.34. The van der Waals surface area contributed by atoms with Gasteiger partial charge in [-0.3, -0.25) is 0 Å². The molecular weight excluding hydrogens is 180 g/mol. The fourth-order valence-corrected chi connectivity index (χ4v) is 1.34. The molecule has 0 saturated heterocycles. The van der Waals surface area contributed by atoms with Gasteiger partial charge in [-0.05, 0) is 11.6 Å². The Labute approximate surface area is 79.4 Å². The Morgan fingerprint density at radius 3 is 2.86 bits per heavy atom. The molecule has 68 valence electrons. The van der Waals surface area contributed by atoms with Crippen molar-refractivity contribution in [1.82, 2.24) is 0 Å². The molecule has 2 aromatic rings. The van der Waals surface area contributed by atoms with Gasteiger partial charge in [0.15, 0.2) is 12.4 Å². The van der Waals surface area contributed by atoms with Crippen LogP contribution in [0.1, 0.15) is 0 Å². The van der Waals surface area contributed by atoms with Crippen LogP contribution in [0.3, 0.4) is 0 Å². The lowest BCUT2D eigenvalue weighted by atomic mass is 10.1. The van der Waals surface area contributed by atoms with Crippen LogP contribution in [0, 0.1) is 5.21 Å². The molecule has 5 heteroatoms. The molecule has 0 bridgehead atoms. The molecule has 0 unspecified atom stereocenters. The van der Waals surface area contributed by atoms with E-state index in [-0.39, 0.29) is 0 Å². The zero-order valence-electron chi connectivity index (χ0n) is 7.16. The minimum absolute atomic E-state index is 0.348. The molecule has 0 aliphatic rings. The summed E-state index contributed by atoms with van der Waals surface area (Å²) >= 11 is 0. The molecule has 1 aromatic carbocycles. The van der Waals surface area contributed by atoms with Crippen molar-refractivity contribution in [1.29, 1.82) is 0 Å². The second kappa shape index (κ2) is 3.24. The van der Waals surface area contributed by atoms with E-state index in [0.717, 1.165) is 10.8 Å². The van der Waals surface area contributed by atoms with E-state index in [9.17, 15) is 5.21 Å². The second-order valence-electron chi connectivity index (χ2n) is 2.78. The average Bonchev–Trinajstić information content (AvgIpc) is 2.18. The van der Waals surface area contributed by atoms with Crippen molar-refractivity contribution in [2.24, 2.45) is 5.11 Å². The molecule has 0 N–H and O–H groups in total. The maximum Gasteiger partial charge on any atom is 0.190 e. The van der Waals surface area contributed by atoms with Crippen LogP contribution in [0.15, 0.2) is 41.8 Å². The number of pyridine rings is 1. The number of hydrogen-bond acceptors (Lipinski definition) is 2. The van der Waals surface area contributed by atoms with Crippen LogP contribution < -0.4 is 4.73 Å². The van der Waals surface area contributed by atoms with Gasteiger partial charge in [0.1, 0.15) is 5.69 Å². The Morgan fingerprint density at radius 2 is 2.07 bits per heavy atom. The molecule has 0 radical (unpaired) electrons. The van der Waals surface area contributed by atoms with E-state index in [0.29, 0.717) is 10.4 Å². The van der Waals surface area contributed by atoms with E-state index in [1.54, 1.807) is 12.1 Å². The Bertz CT molecular complexity index is 531. The van der Waals surface area contributed by atoms with Gasteiger partial charge in [0.2, 0.25) is 0 Å². The highest BCUT2D eigenvalue weighted by atomic mass is 16.5. The summed E-state index contributed by atoms with van der Waals surface area (Å²) in [5.41, 5.74) is 8.66. The Kier molecular flexibility index (Phi) is 1.93. The average molecular weight is 186 g/mol. The third kappa shape index (κ3) is 1.32. The predicted molar refractivity (Wildman–Crippen MR) is 51.7 cm³/mol. The zero-order valence-corrected chi connectivity index (χ0v) is 7.16. The van der Waals surface area contributed by atoms with Crippen LogP contribution in [0.25, 0.3) is 21.2 Å². The summed E-state index contributed by atoms with van der Waals surface area (Å²) < 4.78 is 0.631. The maximum atomic E-state index is 11.1. The molecule has 0 aliphatic heterocycles. The molecule has 14 heavy (non-hydrogen) atoms. The summed E-state index contributed by atoms with van der Waals surface area (Å²) in [5, 5.41) is 16.1. The Hall–Kier alpha value is -2.26. The molecule has 5 nitrogen and oxygen atoms in total. The van der Waals surface area contributed by atoms with Crippen LogP contribution in [0.4, 0.5) is 5.69 Å². The van der Waals surface area contributed by atoms with Crippen LogP contribution in [0.5, 0.6) is 0 Å². The highest BCUT2D eigenvalue weighted by molar-refractivity contribution is 5.90. The summed E-state index contributed by atoms with van der Waals surface area (Å²) in [4.78, 5) is 2.67. The normalized spacial score (nSPS) is 9.71. The Morgan fingerprint density at radius 1 is 1.29 bits per heavy atom. The quantitative estimate of drug-likeness (QED) is 0.221. The van der Waals surface area contributed by atoms with Gasteiger partial charge in [-0.1, -0.05) is 23.3 Å². The largest absolute Gasteiger partial charge is 0.619 e. The van der Waals surface area contributed by atoms with Crippen molar-refractivity contribution in [3.8, 4) is 0 Å². The maximum absolute atomic E-state index is 11.1. The first-order valence-electron chi connectivity index (χ1n) is 3.98. The monoisotopic (exact) mass is 186 g/mol. The smallest absolute Gasteiger partial charge is 0.190 e. The van der Waals surface area contributed by atoms with Crippen molar-refractivity contribution in [3.05, 3.63) is 52.3 Å². The second-order valence-corrected chi connectivity index (χ2v) is 2.78. The summed E-state index contributed by atoms with van der Waals surface area (Å²) in [5.74, 6) is 0. The number of fused-ring (bicyclic) bond motifs is 1. The molecular formula is C9H6N4O. The number of nitrogens with zero attached hydrogens (tertiary/aromatic N) is 4. The molecule has 0 fully saturated rings. The zero-order chi connectivity index (χ0) is 9.97. The molecule has 0 amide bonds. The van der Waals surface area contributed by atoms with Gasteiger partial charge in [-0.25, -0.2) is 0 Å². The number of azide groups is 1. The van der Waals surface area contributed by atoms with Gasteiger partial charge >= 0.3 is 0 Å². The van der Waals surface area contributed by atoms with Crippen LogP contribution in [0.2, 0.25) is 0 Å². The first-order chi connectivity index (χ1) is 6.81. The summed E-state index contributed by atoms with van der Waals surface area (Å²) in [7, 11) is 0. The van der Waals surface area contributed by atoms with E-state index in [1.807, 2.05) is 12.1 Å². The number of hydrogen-bond donors (Lipinski definition) is 0. The lowest BCUT2D eigenvalue weighted by molar-refractivity contribution is -0.603. The first kappa shape index (κ1) is 8.34. The topological polar surface area (TPSA) is 75.7 Å². The van der Waals surface area contributed by atoms with Gasteiger partial charge in [0.25, 0.3) is 0 Å². The first-order valence-corrected chi connectivity index (χ1v) is 3.98. The number of rotatable bonds is 1. The van der Waals surface area contributed by atoms with Gasteiger partial charge in [0.05, 0.1) is 0 Å².